The van der Waals surface area contributed by atoms with Gasteiger partial charge in [-0.25, -0.2) is 0 Å². The summed E-state index contributed by atoms with van der Waals surface area (Å²) in [5, 5.41) is 9.93. The van der Waals surface area contributed by atoms with Crippen molar-refractivity contribution >= 4 is 5.97 Å². The molecule has 3 N–H and O–H groups in total. The Morgan fingerprint density at radius 3 is 2.54 bits per heavy atom. The van der Waals surface area contributed by atoms with Gasteiger partial charge in [-0.3, -0.25) is 4.79 Å². The van der Waals surface area contributed by atoms with Gasteiger partial charge < -0.3 is 30.0 Å². The van der Waals surface area contributed by atoms with Gasteiger partial charge in [0.25, 0.3) is 0 Å². The van der Waals surface area contributed by atoms with Gasteiger partial charge in [0.1, 0.15) is 12.2 Å². The van der Waals surface area contributed by atoms with Gasteiger partial charge in [0.2, 0.25) is 0 Å². The van der Waals surface area contributed by atoms with E-state index in [2.05, 4.69) is 4.90 Å². The number of esters is 1. The summed E-state index contributed by atoms with van der Waals surface area (Å²) in [6.45, 7) is 9.54. The van der Waals surface area contributed by atoms with Crippen LogP contribution in [0.1, 0.15) is 40.5 Å². The number of piperidine rings is 1. The summed E-state index contributed by atoms with van der Waals surface area (Å²) in [5.74, 6) is -1.80. The van der Waals surface area contributed by atoms with Gasteiger partial charge in [-0.05, 0) is 39.8 Å². The van der Waals surface area contributed by atoms with Crippen LogP contribution in [0.4, 0.5) is 0 Å². The van der Waals surface area contributed by atoms with E-state index in [-0.39, 0.29) is 24.0 Å². The molecule has 2 rings (SSSR count). The second kappa shape index (κ2) is 8.10. The quantitative estimate of drug-likeness (QED) is 0.535. The molecule has 140 valence electrons. The summed E-state index contributed by atoms with van der Waals surface area (Å²) in [5.41, 5.74) is 5.95. The zero-order valence-corrected chi connectivity index (χ0v) is 15.2. The molecule has 0 saturated carbocycles. The number of hydrogen-bond donors (Lipinski definition) is 2. The van der Waals surface area contributed by atoms with E-state index in [1.165, 1.54) is 0 Å². The molecule has 2 heterocycles. The molecule has 7 nitrogen and oxygen atoms in total. The maximum Gasteiger partial charge on any atom is 0.308 e. The molecule has 3 atom stereocenters. The molecule has 24 heavy (non-hydrogen) atoms. The fourth-order valence-corrected chi connectivity index (χ4v) is 3.09. The van der Waals surface area contributed by atoms with E-state index in [1.54, 1.807) is 27.7 Å². The molecule has 2 aliphatic rings. The van der Waals surface area contributed by atoms with Crippen LogP contribution < -0.4 is 5.73 Å². The van der Waals surface area contributed by atoms with Crippen LogP contribution in [0.5, 0.6) is 0 Å². The SMILES string of the molecule is CC(C)C(=O)O[C@@H]1[C@@H](OC(C)(C)O)CO[C@@H]1CN1CCC(N)CC1. The Morgan fingerprint density at radius 1 is 1.38 bits per heavy atom. The fraction of sp³-hybridized carbons (Fsp3) is 0.941. The second-order valence-corrected chi connectivity index (χ2v) is 7.67. The third-order valence-corrected chi connectivity index (χ3v) is 4.44. The molecule has 0 amide bonds. The maximum atomic E-state index is 12.1. The highest BCUT2D eigenvalue weighted by atomic mass is 16.7. The van der Waals surface area contributed by atoms with Crippen molar-refractivity contribution in [3.8, 4) is 0 Å². The fourth-order valence-electron chi connectivity index (χ4n) is 3.09. The van der Waals surface area contributed by atoms with Crippen LogP contribution in [-0.2, 0) is 19.0 Å². The Labute approximate surface area is 144 Å². The Bertz CT molecular complexity index is 416. The molecule has 0 aromatic carbocycles. The highest BCUT2D eigenvalue weighted by Crippen LogP contribution is 2.26. The van der Waals surface area contributed by atoms with E-state index >= 15 is 0 Å². The van der Waals surface area contributed by atoms with Crippen molar-refractivity contribution in [3.63, 3.8) is 0 Å². The first-order valence-electron chi connectivity index (χ1n) is 8.86. The largest absolute Gasteiger partial charge is 0.456 e. The van der Waals surface area contributed by atoms with Gasteiger partial charge >= 0.3 is 5.97 Å². The summed E-state index contributed by atoms with van der Waals surface area (Å²) in [7, 11) is 0. The van der Waals surface area contributed by atoms with E-state index < -0.39 is 18.0 Å². The number of nitrogens with zero attached hydrogens (tertiary/aromatic N) is 1. The molecule has 0 aromatic rings. The van der Waals surface area contributed by atoms with Gasteiger partial charge in [-0.1, -0.05) is 13.8 Å². The van der Waals surface area contributed by atoms with Crippen molar-refractivity contribution in [1.29, 1.82) is 0 Å². The average molecular weight is 344 g/mol. The predicted molar refractivity (Wildman–Crippen MR) is 89.3 cm³/mol. The number of hydrogen-bond acceptors (Lipinski definition) is 7. The lowest BCUT2D eigenvalue weighted by Gasteiger charge is -2.34. The van der Waals surface area contributed by atoms with E-state index in [0.717, 1.165) is 25.9 Å². The van der Waals surface area contributed by atoms with E-state index in [9.17, 15) is 9.90 Å². The minimum Gasteiger partial charge on any atom is -0.456 e. The summed E-state index contributed by atoms with van der Waals surface area (Å²) < 4.78 is 17.1. The lowest BCUT2D eigenvalue weighted by atomic mass is 10.0. The normalized spacial score (nSPS) is 30.0. The lowest BCUT2D eigenvalue weighted by Crippen LogP contribution is -2.48. The molecule has 0 bridgehead atoms. The summed E-state index contributed by atoms with van der Waals surface area (Å²) in [6.07, 6.45) is 0.695. The summed E-state index contributed by atoms with van der Waals surface area (Å²) in [6, 6.07) is 0.270. The smallest absolute Gasteiger partial charge is 0.308 e. The van der Waals surface area contributed by atoms with Gasteiger partial charge in [0, 0.05) is 12.6 Å². The molecule has 2 saturated heterocycles. The second-order valence-electron chi connectivity index (χ2n) is 7.67. The van der Waals surface area contributed by atoms with Gasteiger partial charge in [0.05, 0.1) is 12.5 Å². The number of carbonyl (C=O) groups is 1. The van der Waals surface area contributed by atoms with Crippen LogP contribution in [0.3, 0.4) is 0 Å². The molecule has 0 spiro atoms. The monoisotopic (exact) mass is 344 g/mol. The Balaban J connectivity index is 2.00. The first-order valence-corrected chi connectivity index (χ1v) is 8.86. The van der Waals surface area contributed by atoms with Gasteiger partial charge in [0.15, 0.2) is 11.9 Å². The highest BCUT2D eigenvalue weighted by molar-refractivity contribution is 5.71. The summed E-state index contributed by atoms with van der Waals surface area (Å²) >= 11 is 0. The molecular formula is C17H32N2O5. The minimum atomic E-state index is -1.30. The average Bonchev–Trinajstić information content (AvgIpc) is 2.82. The number of likely N-dealkylation sites (tertiary alicyclic amines) is 1. The Hall–Kier alpha value is -0.730. The van der Waals surface area contributed by atoms with Crippen LogP contribution in [0.2, 0.25) is 0 Å². The molecule has 2 aliphatic heterocycles. The van der Waals surface area contributed by atoms with Gasteiger partial charge in [-0.2, -0.15) is 0 Å². The zero-order valence-electron chi connectivity index (χ0n) is 15.2. The number of rotatable bonds is 6. The van der Waals surface area contributed by atoms with Crippen LogP contribution in [0.25, 0.3) is 0 Å². The van der Waals surface area contributed by atoms with Crippen LogP contribution in [0.15, 0.2) is 0 Å². The van der Waals surface area contributed by atoms with E-state index in [0.29, 0.717) is 13.2 Å². The van der Waals surface area contributed by atoms with Crippen LogP contribution in [0, 0.1) is 5.92 Å². The molecule has 0 aromatic heterocycles. The number of carbonyl (C=O) groups excluding carboxylic acids is 1. The Kier molecular flexibility index (Phi) is 6.61. The van der Waals surface area contributed by atoms with Crippen molar-refractivity contribution in [2.24, 2.45) is 11.7 Å². The lowest BCUT2D eigenvalue weighted by molar-refractivity contribution is -0.223. The first kappa shape index (κ1) is 19.6. The first-order chi connectivity index (χ1) is 11.2. The topological polar surface area (TPSA) is 94.2 Å². The van der Waals surface area contributed by atoms with Crippen LogP contribution >= 0.6 is 0 Å². The van der Waals surface area contributed by atoms with Crippen molar-refractivity contribution < 1.29 is 24.1 Å². The van der Waals surface area contributed by atoms with Crippen molar-refractivity contribution in [1.82, 2.24) is 4.90 Å². The van der Waals surface area contributed by atoms with E-state index in [1.807, 2.05) is 0 Å². The number of aliphatic hydroxyl groups is 1. The molecule has 0 unspecified atom stereocenters. The molecule has 0 aliphatic carbocycles. The third-order valence-electron chi connectivity index (χ3n) is 4.44. The third kappa shape index (κ3) is 5.67. The number of nitrogens with two attached hydrogens (primary N) is 1. The van der Waals surface area contributed by atoms with Crippen molar-refractivity contribution in [3.05, 3.63) is 0 Å². The molecular weight excluding hydrogens is 312 g/mol. The standard InChI is InChI=1S/C17H32N2O5/c1-11(2)16(20)23-15-13(9-19-7-5-12(18)6-8-19)22-10-14(15)24-17(3,4)21/h11-15,21H,5-10,18H2,1-4H3/t13-,14+,15+/m1/s1. The van der Waals surface area contributed by atoms with Crippen molar-refractivity contribution in [2.75, 3.05) is 26.2 Å². The molecule has 7 heteroatoms. The summed E-state index contributed by atoms with van der Waals surface area (Å²) in [4.78, 5) is 14.4. The molecule has 0 radical (unpaired) electrons. The Morgan fingerprint density at radius 2 is 2.00 bits per heavy atom. The highest BCUT2D eigenvalue weighted by Gasteiger charge is 2.44. The van der Waals surface area contributed by atoms with Crippen molar-refractivity contribution in [2.45, 2.75) is 70.7 Å². The predicted octanol–water partition coefficient (Wildman–Crippen LogP) is 0.490. The minimum absolute atomic E-state index is 0.220. The zero-order chi connectivity index (χ0) is 17.9. The van der Waals surface area contributed by atoms with E-state index in [4.69, 9.17) is 19.9 Å². The van der Waals surface area contributed by atoms with Crippen LogP contribution in [-0.4, -0.2) is 72.4 Å². The molecule has 2 fully saturated rings. The van der Waals surface area contributed by atoms with Gasteiger partial charge in [-0.15, -0.1) is 0 Å². The maximum absolute atomic E-state index is 12.1. The number of ether oxygens (including phenoxy) is 3.